The van der Waals surface area contributed by atoms with Crippen LogP contribution < -0.4 is 5.48 Å². The van der Waals surface area contributed by atoms with E-state index in [1.165, 1.54) is 0 Å². The zero-order valence-electron chi connectivity index (χ0n) is 11.3. The van der Waals surface area contributed by atoms with Gasteiger partial charge in [-0.25, -0.2) is 0 Å². The minimum Gasteiger partial charge on any atom is -0.405 e. The summed E-state index contributed by atoms with van der Waals surface area (Å²) in [6.07, 6.45) is 4.46. The lowest BCUT2D eigenvalue weighted by atomic mass is 10.0. The van der Waals surface area contributed by atoms with Gasteiger partial charge in [0.1, 0.15) is 0 Å². The highest BCUT2D eigenvalue weighted by atomic mass is 16.7. The average molecular weight is 247 g/mol. The van der Waals surface area contributed by atoms with Crippen molar-refractivity contribution >= 4 is 12.4 Å². The Balaban J connectivity index is 2.63. The molecule has 0 radical (unpaired) electrons. The van der Waals surface area contributed by atoms with Crippen molar-refractivity contribution in [2.75, 3.05) is 0 Å². The second-order valence-corrected chi connectivity index (χ2v) is 4.91. The summed E-state index contributed by atoms with van der Waals surface area (Å²) in [6, 6.07) is 9.61. The molecule has 0 bridgehead atoms. The predicted molar refractivity (Wildman–Crippen MR) is 73.7 cm³/mol. The molecule has 0 atom stereocenters. The number of carbonyl (C=O) groups excluding carboxylic acids is 1. The van der Waals surface area contributed by atoms with E-state index in [4.69, 9.17) is 4.84 Å². The van der Waals surface area contributed by atoms with Gasteiger partial charge in [0.25, 0.3) is 0 Å². The fourth-order valence-electron chi connectivity index (χ4n) is 1.67. The van der Waals surface area contributed by atoms with Crippen molar-refractivity contribution in [3.63, 3.8) is 0 Å². The van der Waals surface area contributed by atoms with Crippen LogP contribution in [0.3, 0.4) is 0 Å². The maximum atomic E-state index is 11.0. The summed E-state index contributed by atoms with van der Waals surface area (Å²) in [6.45, 7) is 6.20. The van der Waals surface area contributed by atoms with Crippen molar-refractivity contribution in [1.29, 1.82) is 0 Å². The number of benzene rings is 1. The summed E-state index contributed by atoms with van der Waals surface area (Å²) < 4.78 is 0. The van der Waals surface area contributed by atoms with E-state index in [1.807, 2.05) is 44.2 Å². The first kappa shape index (κ1) is 14.5. The van der Waals surface area contributed by atoms with E-state index in [1.54, 1.807) is 6.08 Å². The number of rotatable bonds is 7. The first-order chi connectivity index (χ1) is 8.57. The van der Waals surface area contributed by atoms with Crippen LogP contribution in [-0.2, 0) is 9.63 Å². The summed E-state index contributed by atoms with van der Waals surface area (Å²) in [4.78, 5) is 16.3. The molecule has 1 rings (SSSR count). The van der Waals surface area contributed by atoms with Crippen LogP contribution in [0.5, 0.6) is 0 Å². The zero-order valence-corrected chi connectivity index (χ0v) is 11.3. The van der Waals surface area contributed by atoms with Crippen LogP contribution in [0.1, 0.15) is 39.2 Å². The van der Waals surface area contributed by atoms with Gasteiger partial charge in [-0.15, -0.1) is 0 Å². The largest absolute Gasteiger partial charge is 0.405 e. The zero-order chi connectivity index (χ0) is 13.4. The Morgan fingerprint density at radius 2 is 2.00 bits per heavy atom. The fourth-order valence-corrected chi connectivity index (χ4v) is 1.67. The third-order valence-electron chi connectivity index (χ3n) is 2.54. The first-order valence-electron chi connectivity index (χ1n) is 6.23. The van der Waals surface area contributed by atoms with Gasteiger partial charge in [-0.2, -0.15) is 5.48 Å². The molecular formula is C15H21NO2. The van der Waals surface area contributed by atoms with Crippen LogP contribution in [0.2, 0.25) is 0 Å². The lowest BCUT2D eigenvalue weighted by molar-refractivity contribution is -0.109. The summed E-state index contributed by atoms with van der Waals surface area (Å²) in [5.74, 6) is 0.283. The van der Waals surface area contributed by atoms with Gasteiger partial charge in [0.15, 0.2) is 12.0 Å². The summed E-state index contributed by atoms with van der Waals surface area (Å²) >= 11 is 0. The van der Waals surface area contributed by atoms with Crippen molar-refractivity contribution in [3.05, 3.63) is 41.7 Å². The van der Waals surface area contributed by atoms with Crippen LogP contribution in [0.15, 0.2) is 36.1 Å². The molecule has 1 aromatic carbocycles. The molecule has 0 aromatic heterocycles. The molecule has 0 amide bonds. The third-order valence-corrected chi connectivity index (χ3v) is 2.54. The normalized spacial score (nSPS) is 12.3. The molecule has 1 aromatic rings. The molecule has 0 unspecified atom stereocenters. The number of nitrogens with one attached hydrogen (secondary N) is 1. The molecule has 0 aliphatic heterocycles. The van der Waals surface area contributed by atoms with Crippen molar-refractivity contribution in [3.8, 4) is 0 Å². The maximum absolute atomic E-state index is 11.0. The minimum atomic E-state index is -0.145. The highest BCUT2D eigenvalue weighted by Gasteiger charge is 2.17. The number of hydrogen-bond acceptors (Lipinski definition) is 3. The monoisotopic (exact) mass is 247 g/mol. The molecular weight excluding hydrogens is 226 g/mol. The van der Waals surface area contributed by atoms with Crippen LogP contribution in [0, 0.1) is 0 Å². The lowest BCUT2D eigenvalue weighted by Crippen LogP contribution is -2.38. The molecule has 0 spiro atoms. The average Bonchev–Trinajstić information content (AvgIpc) is 2.35. The SMILES string of the molecule is CCCC(C)(C)NOC(C=O)=Cc1ccccc1. The Morgan fingerprint density at radius 1 is 1.33 bits per heavy atom. The molecule has 18 heavy (non-hydrogen) atoms. The van der Waals surface area contributed by atoms with Crippen LogP contribution in [-0.4, -0.2) is 11.8 Å². The van der Waals surface area contributed by atoms with Crippen molar-refractivity contribution in [1.82, 2.24) is 5.48 Å². The highest BCUT2D eigenvalue weighted by molar-refractivity contribution is 5.78. The Morgan fingerprint density at radius 3 is 2.56 bits per heavy atom. The van der Waals surface area contributed by atoms with Crippen LogP contribution in [0.4, 0.5) is 0 Å². The third kappa shape index (κ3) is 5.15. The topological polar surface area (TPSA) is 38.3 Å². The van der Waals surface area contributed by atoms with Gasteiger partial charge in [0.2, 0.25) is 0 Å². The molecule has 0 heterocycles. The van der Waals surface area contributed by atoms with Crippen molar-refractivity contribution in [2.24, 2.45) is 0 Å². The van der Waals surface area contributed by atoms with Gasteiger partial charge in [-0.1, -0.05) is 43.7 Å². The fraction of sp³-hybridized carbons (Fsp3) is 0.400. The number of allylic oxidation sites excluding steroid dienone is 1. The van der Waals surface area contributed by atoms with E-state index in [2.05, 4.69) is 12.4 Å². The standard InChI is InChI=1S/C15H21NO2/c1-4-10-15(2,3)16-18-14(12-17)11-13-8-6-5-7-9-13/h5-9,11-12,16H,4,10H2,1-3H3. The maximum Gasteiger partial charge on any atom is 0.187 e. The Kier molecular flexibility index (Phi) is 5.59. The first-order valence-corrected chi connectivity index (χ1v) is 6.23. The van der Waals surface area contributed by atoms with Crippen LogP contribution in [0.25, 0.3) is 6.08 Å². The Labute approximate surface area is 109 Å². The molecule has 0 aliphatic rings. The summed E-state index contributed by atoms with van der Waals surface area (Å²) in [7, 11) is 0. The van der Waals surface area contributed by atoms with Gasteiger partial charge in [-0.05, 0) is 31.9 Å². The molecule has 3 heteroatoms. The van der Waals surface area contributed by atoms with Gasteiger partial charge in [0, 0.05) is 5.54 Å². The molecule has 0 fully saturated rings. The van der Waals surface area contributed by atoms with E-state index in [0.29, 0.717) is 6.29 Å². The van der Waals surface area contributed by atoms with Gasteiger partial charge in [-0.3, -0.25) is 4.79 Å². The number of hydrogen-bond donors (Lipinski definition) is 1. The molecule has 98 valence electrons. The highest BCUT2D eigenvalue weighted by Crippen LogP contribution is 2.12. The Bertz CT molecular complexity index is 396. The molecule has 3 nitrogen and oxygen atoms in total. The van der Waals surface area contributed by atoms with Crippen molar-refractivity contribution < 1.29 is 9.63 Å². The molecule has 0 saturated carbocycles. The number of carbonyl (C=O) groups is 1. The molecule has 1 N–H and O–H groups in total. The number of hydroxylamine groups is 1. The predicted octanol–water partition coefficient (Wildman–Crippen LogP) is 3.33. The lowest BCUT2D eigenvalue weighted by Gasteiger charge is -2.25. The van der Waals surface area contributed by atoms with Crippen molar-refractivity contribution in [2.45, 2.75) is 39.2 Å². The van der Waals surface area contributed by atoms with E-state index >= 15 is 0 Å². The van der Waals surface area contributed by atoms with Crippen LogP contribution >= 0.6 is 0 Å². The van der Waals surface area contributed by atoms with E-state index in [9.17, 15) is 4.79 Å². The smallest absolute Gasteiger partial charge is 0.187 e. The van der Waals surface area contributed by atoms with Gasteiger partial charge in [0.05, 0.1) is 0 Å². The van der Waals surface area contributed by atoms with E-state index < -0.39 is 0 Å². The van der Waals surface area contributed by atoms with Gasteiger partial charge < -0.3 is 4.84 Å². The molecule has 0 aliphatic carbocycles. The quantitative estimate of drug-likeness (QED) is 0.347. The second-order valence-electron chi connectivity index (χ2n) is 4.91. The number of aldehydes is 1. The summed E-state index contributed by atoms with van der Waals surface area (Å²) in [5, 5.41) is 0. The summed E-state index contributed by atoms with van der Waals surface area (Å²) in [5.41, 5.74) is 3.73. The Hall–Kier alpha value is -1.61. The molecule has 0 saturated heterocycles. The van der Waals surface area contributed by atoms with E-state index in [0.717, 1.165) is 18.4 Å². The second kappa shape index (κ2) is 6.97. The van der Waals surface area contributed by atoms with E-state index in [-0.39, 0.29) is 11.3 Å². The minimum absolute atomic E-state index is 0.145. The van der Waals surface area contributed by atoms with Gasteiger partial charge >= 0.3 is 0 Å².